The smallest absolute Gasteiger partial charge is 0.248 e. The summed E-state index contributed by atoms with van der Waals surface area (Å²) in [6, 6.07) is 18.4. The van der Waals surface area contributed by atoms with Gasteiger partial charge >= 0.3 is 0 Å². The van der Waals surface area contributed by atoms with Crippen LogP contribution in [0.25, 0.3) is 33.9 Å². The molecule has 0 unspecified atom stereocenters. The topological polar surface area (TPSA) is 97.4 Å². The lowest BCUT2D eigenvalue weighted by molar-refractivity contribution is 0.0992. The summed E-state index contributed by atoms with van der Waals surface area (Å²) in [4.78, 5) is 35.9. The number of Topliss-reactive ketones (excluding diaryl/α,β-unsaturated/α-hetero) is 1. The minimum Gasteiger partial charge on any atom is -0.329 e. The van der Waals surface area contributed by atoms with Gasteiger partial charge in [0.25, 0.3) is 0 Å². The van der Waals surface area contributed by atoms with Gasteiger partial charge in [-0.25, -0.2) is 18.9 Å². The molecule has 0 aliphatic carbocycles. The number of carbonyl (C=O) groups is 1. The molecule has 0 atom stereocenters. The maximum atomic E-state index is 13.5. The number of hydrogen-bond donors (Lipinski definition) is 1. The molecule has 0 bridgehead atoms. The number of nitrogens with one attached hydrogen (secondary N) is 1. The van der Waals surface area contributed by atoms with Crippen LogP contribution in [0.3, 0.4) is 0 Å². The van der Waals surface area contributed by atoms with Crippen molar-refractivity contribution in [1.82, 2.24) is 29.0 Å². The van der Waals surface area contributed by atoms with Crippen molar-refractivity contribution in [3.05, 3.63) is 113 Å². The fourth-order valence-electron chi connectivity index (χ4n) is 4.08. The molecule has 0 saturated heterocycles. The Balaban J connectivity index is 1.42. The molecule has 1 aromatic carbocycles. The monoisotopic (exact) mass is 464 g/mol. The van der Waals surface area contributed by atoms with Gasteiger partial charge in [-0.15, -0.1) is 0 Å². The van der Waals surface area contributed by atoms with Crippen LogP contribution in [0.2, 0.25) is 0 Å². The molecule has 9 heteroatoms. The van der Waals surface area contributed by atoms with E-state index in [1.54, 1.807) is 28.9 Å². The quantitative estimate of drug-likeness (QED) is 0.390. The van der Waals surface area contributed by atoms with Gasteiger partial charge in [0.1, 0.15) is 22.9 Å². The molecule has 170 valence electrons. The number of hydrogen-bond acceptors (Lipinski definition) is 5. The number of imidazole rings is 2. The molecule has 0 spiro atoms. The number of fused-ring (bicyclic) bond motifs is 2. The predicted octanol–water partition coefficient (Wildman–Crippen LogP) is 3.96. The number of carbonyl (C=O) groups excluding carboxylic acids is 1. The van der Waals surface area contributed by atoms with Crippen LogP contribution in [0.1, 0.15) is 16.1 Å². The third kappa shape index (κ3) is 3.78. The van der Waals surface area contributed by atoms with Crippen molar-refractivity contribution >= 4 is 17.1 Å². The minimum absolute atomic E-state index is 0.0403. The molecule has 5 heterocycles. The van der Waals surface area contributed by atoms with Crippen molar-refractivity contribution < 1.29 is 9.18 Å². The van der Waals surface area contributed by atoms with Gasteiger partial charge in [-0.05, 0) is 54.6 Å². The van der Waals surface area contributed by atoms with E-state index in [4.69, 9.17) is 10.1 Å². The first-order chi connectivity index (χ1) is 17.0. The molecular weight excluding hydrogens is 447 g/mol. The van der Waals surface area contributed by atoms with Gasteiger partial charge in [-0.2, -0.15) is 5.10 Å². The first-order valence-corrected chi connectivity index (χ1v) is 10.9. The number of aromatic amines is 1. The lowest BCUT2D eigenvalue weighted by Gasteiger charge is -2.05. The van der Waals surface area contributed by atoms with E-state index in [-0.39, 0.29) is 23.6 Å². The van der Waals surface area contributed by atoms with Crippen molar-refractivity contribution in [2.45, 2.75) is 6.42 Å². The fraction of sp³-hybridized carbons (Fsp3) is 0.0385. The van der Waals surface area contributed by atoms with Crippen LogP contribution in [0.4, 0.5) is 4.39 Å². The number of pyridine rings is 2. The molecule has 0 aliphatic heterocycles. The Labute approximate surface area is 197 Å². The summed E-state index contributed by atoms with van der Waals surface area (Å²) in [5.74, 6) is -0.528. The lowest BCUT2D eigenvalue weighted by Crippen LogP contribution is -2.10. The second-order valence-corrected chi connectivity index (χ2v) is 8.04. The summed E-state index contributed by atoms with van der Waals surface area (Å²) in [5.41, 5.74) is 4.69. The van der Waals surface area contributed by atoms with Crippen LogP contribution in [0.15, 0.2) is 90.1 Å². The molecule has 0 radical (unpaired) electrons. The van der Waals surface area contributed by atoms with Crippen molar-refractivity contribution in [3.63, 3.8) is 0 Å². The zero-order valence-corrected chi connectivity index (χ0v) is 18.2. The number of rotatable bonds is 5. The summed E-state index contributed by atoms with van der Waals surface area (Å²) in [6.07, 6.45) is 5.08. The highest BCUT2D eigenvalue weighted by Gasteiger charge is 2.18. The van der Waals surface area contributed by atoms with Crippen molar-refractivity contribution in [2.24, 2.45) is 0 Å². The highest BCUT2D eigenvalue weighted by molar-refractivity contribution is 5.97. The highest BCUT2D eigenvalue weighted by Crippen LogP contribution is 2.32. The standard InChI is InChI=1S/C26H17FN6O2/c27-18-6-4-16(5-7-18)25-26(32-12-2-1-3-22(32)30-25)20-8-9-23-29-19(15-33(23)31-20)14-21(34)17-10-11-28-24(35)13-17/h1-13,15H,14H2,(H,28,35). The summed E-state index contributed by atoms with van der Waals surface area (Å²) >= 11 is 0. The number of aromatic nitrogens is 6. The van der Waals surface area contributed by atoms with E-state index in [2.05, 4.69) is 9.97 Å². The van der Waals surface area contributed by atoms with E-state index in [0.29, 0.717) is 28.3 Å². The molecule has 8 nitrogen and oxygen atoms in total. The zero-order valence-electron chi connectivity index (χ0n) is 18.2. The van der Waals surface area contributed by atoms with Crippen molar-refractivity contribution in [1.29, 1.82) is 0 Å². The highest BCUT2D eigenvalue weighted by atomic mass is 19.1. The average molecular weight is 464 g/mol. The summed E-state index contributed by atoms with van der Waals surface area (Å²) in [6.45, 7) is 0. The average Bonchev–Trinajstić information content (AvgIpc) is 3.44. The fourth-order valence-corrected chi connectivity index (χ4v) is 4.08. The summed E-state index contributed by atoms with van der Waals surface area (Å²) < 4.78 is 17.1. The largest absolute Gasteiger partial charge is 0.329 e. The van der Waals surface area contributed by atoms with E-state index >= 15 is 0 Å². The Morgan fingerprint density at radius 3 is 2.66 bits per heavy atom. The van der Waals surface area contributed by atoms with Crippen molar-refractivity contribution in [2.75, 3.05) is 0 Å². The van der Waals surface area contributed by atoms with Gasteiger partial charge in [0.05, 0.1) is 24.0 Å². The predicted molar refractivity (Wildman–Crippen MR) is 128 cm³/mol. The van der Waals surface area contributed by atoms with Gasteiger partial charge in [-0.3, -0.25) is 14.0 Å². The second kappa shape index (κ2) is 8.14. The Morgan fingerprint density at radius 1 is 0.971 bits per heavy atom. The SMILES string of the molecule is O=C(Cc1cn2nc(-c3c(-c4ccc(F)cc4)nc4ccccn34)ccc2n1)c1cc[nH]c(=O)c1. The van der Waals surface area contributed by atoms with Crippen LogP contribution >= 0.6 is 0 Å². The molecule has 6 aromatic rings. The van der Waals surface area contributed by atoms with Gasteiger partial charge < -0.3 is 4.98 Å². The number of H-pyrrole nitrogens is 1. The Hall–Kier alpha value is -4.92. The van der Waals surface area contributed by atoms with E-state index in [9.17, 15) is 14.0 Å². The number of benzene rings is 1. The van der Waals surface area contributed by atoms with Crippen LogP contribution in [0.5, 0.6) is 0 Å². The summed E-state index contributed by atoms with van der Waals surface area (Å²) in [5, 5.41) is 4.74. The van der Waals surface area contributed by atoms with Crippen LogP contribution in [-0.2, 0) is 6.42 Å². The normalized spacial score (nSPS) is 11.3. The van der Waals surface area contributed by atoms with E-state index < -0.39 is 0 Å². The molecular formula is C26H17FN6O2. The molecule has 35 heavy (non-hydrogen) atoms. The first kappa shape index (κ1) is 20.7. The third-order valence-corrected chi connectivity index (χ3v) is 5.70. The Morgan fingerprint density at radius 2 is 1.83 bits per heavy atom. The molecule has 0 saturated carbocycles. The van der Waals surface area contributed by atoms with Gasteiger partial charge in [0.15, 0.2) is 11.4 Å². The van der Waals surface area contributed by atoms with Gasteiger partial charge in [0, 0.05) is 29.6 Å². The van der Waals surface area contributed by atoms with Gasteiger partial charge in [0.2, 0.25) is 5.56 Å². The van der Waals surface area contributed by atoms with E-state index in [0.717, 1.165) is 16.9 Å². The number of ketones is 1. The Kier molecular flexibility index (Phi) is 4.81. The molecule has 5 aromatic heterocycles. The van der Waals surface area contributed by atoms with Crippen LogP contribution in [0, 0.1) is 5.82 Å². The lowest BCUT2D eigenvalue weighted by atomic mass is 10.1. The summed E-state index contributed by atoms with van der Waals surface area (Å²) in [7, 11) is 0. The molecule has 0 amide bonds. The number of halogens is 1. The molecule has 6 rings (SSSR count). The number of nitrogens with zero attached hydrogens (tertiary/aromatic N) is 5. The van der Waals surface area contributed by atoms with E-state index in [1.165, 1.54) is 24.4 Å². The maximum Gasteiger partial charge on any atom is 0.248 e. The van der Waals surface area contributed by atoms with Gasteiger partial charge in [-0.1, -0.05) is 6.07 Å². The Bertz CT molecular complexity index is 1780. The molecule has 0 aliphatic rings. The van der Waals surface area contributed by atoms with E-state index in [1.807, 2.05) is 40.9 Å². The molecule has 1 N–H and O–H groups in total. The first-order valence-electron chi connectivity index (χ1n) is 10.9. The van der Waals surface area contributed by atoms with Crippen LogP contribution in [-0.4, -0.2) is 34.7 Å². The third-order valence-electron chi connectivity index (χ3n) is 5.70. The van der Waals surface area contributed by atoms with Crippen molar-refractivity contribution in [3.8, 4) is 22.6 Å². The second-order valence-electron chi connectivity index (χ2n) is 8.04. The maximum absolute atomic E-state index is 13.5. The molecule has 0 fully saturated rings. The van der Waals surface area contributed by atoms with Crippen LogP contribution < -0.4 is 5.56 Å². The zero-order chi connectivity index (χ0) is 23.9. The minimum atomic E-state index is -0.331.